The van der Waals surface area contributed by atoms with Crippen molar-refractivity contribution >= 4 is 11.6 Å². The van der Waals surface area contributed by atoms with Crippen molar-refractivity contribution in [1.29, 1.82) is 0 Å². The number of ether oxygens (including phenoxy) is 1. The highest BCUT2D eigenvalue weighted by atomic mass is 19.1. The summed E-state index contributed by atoms with van der Waals surface area (Å²) in [6, 6.07) is 9.56. The van der Waals surface area contributed by atoms with E-state index in [1.165, 1.54) is 19.2 Å². The van der Waals surface area contributed by atoms with Crippen LogP contribution in [0.1, 0.15) is 64.5 Å². The molecule has 0 unspecified atom stereocenters. The summed E-state index contributed by atoms with van der Waals surface area (Å²) in [5, 5.41) is 6.98. The Bertz CT molecular complexity index is 1380. The maximum atomic E-state index is 13.6. The molecule has 0 spiro atoms. The highest BCUT2D eigenvalue weighted by molar-refractivity contribution is 6.02. The van der Waals surface area contributed by atoms with Gasteiger partial charge < -0.3 is 19.5 Å². The largest absolute Gasteiger partial charge is 0.494 e. The zero-order valence-electron chi connectivity index (χ0n) is 19.3. The number of hydrogen-bond donors (Lipinski definition) is 1. The molecule has 180 valence electrons. The number of halogens is 1. The van der Waals surface area contributed by atoms with Crippen LogP contribution in [0, 0.1) is 12.7 Å². The van der Waals surface area contributed by atoms with Crippen molar-refractivity contribution in [3.8, 4) is 5.75 Å². The summed E-state index contributed by atoms with van der Waals surface area (Å²) in [6.07, 6.45) is 3.98. The third-order valence-corrected chi connectivity index (χ3v) is 5.98. The molecule has 9 nitrogen and oxygen atoms in total. The maximum absolute atomic E-state index is 13.6. The van der Waals surface area contributed by atoms with Crippen molar-refractivity contribution in [1.82, 2.24) is 19.9 Å². The molecule has 3 aromatic rings. The van der Waals surface area contributed by atoms with E-state index in [0.29, 0.717) is 29.2 Å². The predicted molar refractivity (Wildman–Crippen MR) is 125 cm³/mol. The molecule has 1 atom stereocenters. The Hall–Kier alpha value is -4.08. The molecular formula is C25H24FN5O4. The van der Waals surface area contributed by atoms with Crippen LogP contribution in [0.3, 0.4) is 0 Å². The second-order valence-electron chi connectivity index (χ2n) is 8.61. The summed E-state index contributed by atoms with van der Waals surface area (Å²) < 4.78 is 20.4. The van der Waals surface area contributed by atoms with Crippen molar-refractivity contribution in [2.45, 2.75) is 44.9 Å². The molecule has 1 N–H and O–H groups in total. The molecule has 1 aliphatic heterocycles. The summed E-state index contributed by atoms with van der Waals surface area (Å²) in [5.41, 5.74) is 2.83. The number of carbonyl (C=O) groups is 1. The third kappa shape index (κ3) is 4.91. The zero-order valence-corrected chi connectivity index (χ0v) is 19.3. The van der Waals surface area contributed by atoms with Crippen LogP contribution in [0.5, 0.6) is 5.75 Å². The number of carbonyl (C=O) groups excluding carboxylic acids is 1. The molecule has 1 aromatic carbocycles. The lowest BCUT2D eigenvalue weighted by molar-refractivity contribution is 0.0851. The Labute approximate surface area is 200 Å². The molecule has 0 radical (unpaired) electrons. The lowest BCUT2D eigenvalue weighted by atomic mass is 10.0. The Morgan fingerprint density at radius 2 is 2.06 bits per heavy atom. The number of methoxy groups -OCH3 is 1. The summed E-state index contributed by atoms with van der Waals surface area (Å²) in [6.45, 7) is 1.88. The molecule has 10 heteroatoms. The number of hydrogen-bond acceptors (Lipinski definition) is 7. The second kappa shape index (κ2) is 9.28. The quantitative estimate of drug-likeness (QED) is 0.560. The van der Waals surface area contributed by atoms with Crippen LogP contribution in [0.2, 0.25) is 0 Å². The lowest BCUT2D eigenvalue weighted by Gasteiger charge is -2.11. The number of amides is 1. The van der Waals surface area contributed by atoms with Crippen LogP contribution in [-0.4, -0.2) is 33.3 Å². The number of aryl methyl sites for hydroxylation is 1. The van der Waals surface area contributed by atoms with Crippen LogP contribution < -0.4 is 15.6 Å². The van der Waals surface area contributed by atoms with Crippen LogP contribution in [0.15, 0.2) is 52.5 Å². The standard InChI is InChI=1S/C25H24FN5O4/c1-14-28-19(10-21(29-14)25(33)27-12-15-3-7-18(26)23(9-15)34-2)20-11-22(35-30-20)16-4-8-24(32)31(13-16)17-5-6-17/h3-4,7-10,13,17,22H,5-6,11-12H2,1-2H3,(H,27,33)/t22-/m1/s1. The van der Waals surface area contributed by atoms with Gasteiger partial charge in [0.15, 0.2) is 17.7 Å². The van der Waals surface area contributed by atoms with Gasteiger partial charge in [-0.3, -0.25) is 9.59 Å². The molecule has 0 saturated heterocycles. The minimum atomic E-state index is -0.470. The van der Waals surface area contributed by atoms with E-state index < -0.39 is 11.7 Å². The fraction of sp³-hybridized carbons (Fsp3) is 0.320. The molecule has 0 bridgehead atoms. The van der Waals surface area contributed by atoms with Crippen LogP contribution in [0.4, 0.5) is 4.39 Å². The van der Waals surface area contributed by atoms with E-state index >= 15 is 0 Å². The highest BCUT2D eigenvalue weighted by Gasteiger charge is 2.29. The van der Waals surface area contributed by atoms with Gasteiger partial charge in [-0.1, -0.05) is 11.2 Å². The van der Waals surface area contributed by atoms with Crippen molar-refractivity contribution in [2.24, 2.45) is 5.16 Å². The van der Waals surface area contributed by atoms with Gasteiger partial charge in [0.05, 0.1) is 12.8 Å². The van der Waals surface area contributed by atoms with E-state index in [0.717, 1.165) is 18.4 Å². The summed E-state index contributed by atoms with van der Waals surface area (Å²) in [7, 11) is 1.38. The number of rotatable bonds is 7. The Balaban J connectivity index is 1.28. The van der Waals surface area contributed by atoms with Gasteiger partial charge in [0, 0.05) is 36.8 Å². The van der Waals surface area contributed by atoms with Gasteiger partial charge in [0.25, 0.3) is 11.5 Å². The van der Waals surface area contributed by atoms with E-state index in [1.54, 1.807) is 35.8 Å². The van der Waals surface area contributed by atoms with Gasteiger partial charge in [-0.15, -0.1) is 0 Å². The minimum absolute atomic E-state index is 0.0171. The number of pyridine rings is 1. The Morgan fingerprint density at radius 1 is 1.23 bits per heavy atom. The normalized spacial score (nSPS) is 17.0. The van der Waals surface area contributed by atoms with Crippen molar-refractivity contribution in [2.75, 3.05) is 7.11 Å². The van der Waals surface area contributed by atoms with Crippen molar-refractivity contribution < 1.29 is 18.8 Å². The molecule has 2 aromatic heterocycles. The van der Waals surface area contributed by atoms with Gasteiger partial charge >= 0.3 is 0 Å². The number of oxime groups is 1. The fourth-order valence-electron chi connectivity index (χ4n) is 3.98. The van der Waals surface area contributed by atoms with E-state index in [1.807, 2.05) is 6.20 Å². The maximum Gasteiger partial charge on any atom is 0.270 e. The minimum Gasteiger partial charge on any atom is -0.494 e. The number of nitrogens with one attached hydrogen (secondary N) is 1. The molecular weight excluding hydrogens is 453 g/mol. The van der Waals surface area contributed by atoms with Crippen LogP contribution >= 0.6 is 0 Å². The topological polar surface area (TPSA) is 108 Å². The summed E-state index contributed by atoms with van der Waals surface area (Å²) in [5.74, 6) is -0.335. The monoisotopic (exact) mass is 477 g/mol. The number of nitrogens with zero attached hydrogens (tertiary/aromatic N) is 4. The second-order valence-corrected chi connectivity index (χ2v) is 8.61. The molecule has 35 heavy (non-hydrogen) atoms. The summed E-state index contributed by atoms with van der Waals surface area (Å²) in [4.78, 5) is 39.2. The van der Waals surface area contributed by atoms with Gasteiger partial charge in [-0.2, -0.15) is 0 Å². The van der Waals surface area contributed by atoms with E-state index in [2.05, 4.69) is 20.4 Å². The molecule has 1 fully saturated rings. The molecule has 1 aliphatic carbocycles. The molecule has 5 rings (SSSR count). The van der Waals surface area contributed by atoms with Gasteiger partial charge in [-0.25, -0.2) is 14.4 Å². The Morgan fingerprint density at radius 3 is 2.83 bits per heavy atom. The molecule has 2 aliphatic rings. The molecule has 1 saturated carbocycles. The average Bonchev–Trinajstić information content (AvgIpc) is 3.58. The molecule has 3 heterocycles. The zero-order chi connectivity index (χ0) is 24.5. The van der Waals surface area contributed by atoms with E-state index in [-0.39, 0.29) is 35.7 Å². The first-order valence-electron chi connectivity index (χ1n) is 11.3. The first kappa shape index (κ1) is 22.7. The van der Waals surface area contributed by atoms with Gasteiger partial charge in [-0.05, 0) is 49.6 Å². The van der Waals surface area contributed by atoms with Crippen LogP contribution in [-0.2, 0) is 11.4 Å². The SMILES string of the molecule is COc1cc(CNC(=O)c2cc(C3=NO[C@@H](c4ccc(=O)n(C5CC5)c4)C3)nc(C)n2)ccc1F. The predicted octanol–water partition coefficient (Wildman–Crippen LogP) is 3.23. The average molecular weight is 477 g/mol. The summed E-state index contributed by atoms with van der Waals surface area (Å²) >= 11 is 0. The lowest BCUT2D eigenvalue weighted by Crippen LogP contribution is -2.25. The molecule has 1 amide bonds. The highest BCUT2D eigenvalue weighted by Crippen LogP contribution is 2.35. The van der Waals surface area contributed by atoms with E-state index in [9.17, 15) is 14.0 Å². The third-order valence-electron chi connectivity index (χ3n) is 5.98. The first-order valence-corrected chi connectivity index (χ1v) is 11.3. The van der Waals surface area contributed by atoms with Crippen LogP contribution in [0.25, 0.3) is 0 Å². The number of benzene rings is 1. The van der Waals surface area contributed by atoms with Gasteiger partial charge in [0.2, 0.25) is 0 Å². The van der Waals surface area contributed by atoms with Gasteiger partial charge in [0.1, 0.15) is 17.2 Å². The van der Waals surface area contributed by atoms with Crippen molar-refractivity contribution in [3.63, 3.8) is 0 Å². The number of aromatic nitrogens is 3. The van der Waals surface area contributed by atoms with E-state index in [4.69, 9.17) is 9.57 Å². The fourth-order valence-corrected chi connectivity index (χ4v) is 3.98. The first-order chi connectivity index (χ1) is 16.9. The smallest absolute Gasteiger partial charge is 0.270 e. The Kier molecular flexibility index (Phi) is 6.02. The van der Waals surface area contributed by atoms with Crippen molar-refractivity contribution in [3.05, 3.63) is 87.1 Å².